The molecule has 0 radical (unpaired) electrons. The summed E-state index contributed by atoms with van der Waals surface area (Å²) in [7, 11) is 4.01. The van der Waals surface area contributed by atoms with Crippen LogP contribution in [0.2, 0.25) is 0 Å². The zero-order chi connectivity index (χ0) is 14.0. The summed E-state index contributed by atoms with van der Waals surface area (Å²) in [5.74, 6) is -0.131. The van der Waals surface area contributed by atoms with Gasteiger partial charge in [0.15, 0.2) is 5.75 Å². The van der Waals surface area contributed by atoms with E-state index < -0.39 is 0 Å². The molecule has 0 aromatic carbocycles. The van der Waals surface area contributed by atoms with E-state index >= 15 is 0 Å². The molecule has 1 aromatic heterocycles. The van der Waals surface area contributed by atoms with Gasteiger partial charge in [0.2, 0.25) is 5.43 Å². The third-order valence-electron chi connectivity index (χ3n) is 4.06. The third kappa shape index (κ3) is 3.16. The number of nitrogens with one attached hydrogen (secondary N) is 1. The quantitative estimate of drug-likeness (QED) is 0.839. The van der Waals surface area contributed by atoms with Crippen LogP contribution in [-0.4, -0.2) is 40.8 Å². The van der Waals surface area contributed by atoms with Crippen LogP contribution in [0.1, 0.15) is 24.2 Å². The first-order valence-corrected chi connectivity index (χ1v) is 6.79. The van der Waals surface area contributed by atoms with E-state index in [2.05, 4.69) is 17.3 Å². The van der Waals surface area contributed by atoms with Gasteiger partial charge in [0.25, 0.3) is 0 Å². The van der Waals surface area contributed by atoms with Crippen LogP contribution in [0, 0.1) is 6.92 Å². The highest BCUT2D eigenvalue weighted by Gasteiger charge is 2.17. The minimum absolute atomic E-state index is 0.131. The standard InChI is InChI=1S/C14H23N3O2/c1-10-8-13(18)14(19)12(17(10)3)9-15-11-4-6-16(2)7-5-11/h8,11,15,19H,4-7,9H2,1-3H3. The fourth-order valence-corrected chi connectivity index (χ4v) is 2.52. The van der Waals surface area contributed by atoms with Gasteiger partial charge in [-0.1, -0.05) is 0 Å². The smallest absolute Gasteiger partial charge is 0.223 e. The number of aromatic nitrogens is 1. The number of rotatable bonds is 3. The zero-order valence-corrected chi connectivity index (χ0v) is 11.9. The zero-order valence-electron chi connectivity index (χ0n) is 11.9. The van der Waals surface area contributed by atoms with Crippen molar-refractivity contribution in [1.29, 1.82) is 0 Å². The number of nitrogens with zero attached hydrogens (tertiary/aromatic N) is 2. The first-order valence-electron chi connectivity index (χ1n) is 6.79. The van der Waals surface area contributed by atoms with Crippen molar-refractivity contribution in [1.82, 2.24) is 14.8 Å². The lowest BCUT2D eigenvalue weighted by Crippen LogP contribution is -2.41. The Kier molecular flexibility index (Phi) is 4.27. The summed E-state index contributed by atoms with van der Waals surface area (Å²) in [6, 6.07) is 1.93. The fourth-order valence-electron chi connectivity index (χ4n) is 2.52. The van der Waals surface area contributed by atoms with E-state index in [-0.39, 0.29) is 11.2 Å². The van der Waals surface area contributed by atoms with Crippen LogP contribution in [0.15, 0.2) is 10.9 Å². The Hall–Kier alpha value is -1.33. The van der Waals surface area contributed by atoms with Gasteiger partial charge in [-0.15, -0.1) is 0 Å². The maximum Gasteiger partial charge on any atom is 0.223 e. The molecule has 0 saturated carbocycles. The molecule has 0 amide bonds. The monoisotopic (exact) mass is 265 g/mol. The molecule has 1 aromatic rings. The summed E-state index contributed by atoms with van der Waals surface area (Å²) >= 11 is 0. The Morgan fingerprint density at radius 3 is 2.63 bits per heavy atom. The van der Waals surface area contributed by atoms with Crippen LogP contribution in [0.25, 0.3) is 0 Å². The van der Waals surface area contributed by atoms with Crippen molar-refractivity contribution >= 4 is 0 Å². The highest BCUT2D eigenvalue weighted by Crippen LogP contribution is 2.14. The van der Waals surface area contributed by atoms with E-state index in [0.29, 0.717) is 18.3 Å². The van der Waals surface area contributed by atoms with E-state index in [0.717, 1.165) is 31.6 Å². The predicted octanol–water partition coefficient (Wildman–Crippen LogP) is 0.583. The molecule has 106 valence electrons. The highest BCUT2D eigenvalue weighted by molar-refractivity contribution is 5.29. The number of hydrogen-bond donors (Lipinski definition) is 2. The number of aryl methyl sites for hydroxylation is 1. The molecule has 1 aliphatic heterocycles. The molecule has 0 bridgehead atoms. The maximum absolute atomic E-state index is 11.6. The molecule has 1 fully saturated rings. The van der Waals surface area contributed by atoms with E-state index in [1.165, 1.54) is 6.07 Å². The Morgan fingerprint density at radius 1 is 1.37 bits per heavy atom. The molecule has 0 spiro atoms. The molecule has 1 saturated heterocycles. The summed E-state index contributed by atoms with van der Waals surface area (Å²) in [6.07, 6.45) is 2.22. The van der Waals surface area contributed by atoms with Gasteiger partial charge < -0.3 is 19.9 Å². The SMILES string of the molecule is Cc1cc(=O)c(O)c(CNC2CCN(C)CC2)n1C. The normalized spacial score (nSPS) is 17.8. The second-order valence-corrected chi connectivity index (χ2v) is 5.46. The van der Waals surface area contributed by atoms with Crippen molar-refractivity contribution in [3.63, 3.8) is 0 Å². The van der Waals surface area contributed by atoms with Gasteiger partial charge in [-0.3, -0.25) is 4.79 Å². The highest BCUT2D eigenvalue weighted by atomic mass is 16.3. The lowest BCUT2D eigenvalue weighted by atomic mass is 10.1. The van der Waals surface area contributed by atoms with Crippen LogP contribution in [0.4, 0.5) is 0 Å². The van der Waals surface area contributed by atoms with Gasteiger partial charge in [0.1, 0.15) is 0 Å². The summed E-state index contributed by atoms with van der Waals surface area (Å²) in [4.78, 5) is 13.9. The Balaban J connectivity index is 2.05. The first kappa shape index (κ1) is 14.1. The minimum Gasteiger partial charge on any atom is -0.503 e. The lowest BCUT2D eigenvalue weighted by Gasteiger charge is -2.30. The average Bonchev–Trinajstić information content (AvgIpc) is 2.38. The van der Waals surface area contributed by atoms with Crippen molar-refractivity contribution in [3.8, 4) is 5.75 Å². The molecule has 0 unspecified atom stereocenters. The second-order valence-electron chi connectivity index (χ2n) is 5.46. The Morgan fingerprint density at radius 2 is 2.00 bits per heavy atom. The maximum atomic E-state index is 11.6. The molecule has 0 atom stereocenters. The minimum atomic E-state index is -0.296. The summed E-state index contributed by atoms with van der Waals surface area (Å²) in [6.45, 7) is 4.60. The third-order valence-corrected chi connectivity index (χ3v) is 4.06. The molecule has 5 heteroatoms. The summed E-state index contributed by atoms with van der Waals surface area (Å²) < 4.78 is 1.87. The van der Waals surface area contributed by atoms with E-state index in [4.69, 9.17) is 0 Å². The van der Waals surface area contributed by atoms with Gasteiger partial charge >= 0.3 is 0 Å². The van der Waals surface area contributed by atoms with Gasteiger partial charge in [-0.25, -0.2) is 0 Å². The molecule has 2 N–H and O–H groups in total. The fraction of sp³-hybridized carbons (Fsp3) is 0.643. The van der Waals surface area contributed by atoms with Crippen molar-refractivity contribution in [2.75, 3.05) is 20.1 Å². The van der Waals surface area contributed by atoms with Crippen LogP contribution < -0.4 is 10.7 Å². The number of hydrogen-bond acceptors (Lipinski definition) is 4. The van der Waals surface area contributed by atoms with Gasteiger partial charge in [0.05, 0.1) is 5.69 Å². The van der Waals surface area contributed by atoms with E-state index in [1.54, 1.807) is 0 Å². The van der Waals surface area contributed by atoms with Crippen LogP contribution in [0.5, 0.6) is 5.75 Å². The Bertz CT molecular complexity index is 502. The van der Waals surface area contributed by atoms with Crippen molar-refractivity contribution in [3.05, 3.63) is 27.7 Å². The van der Waals surface area contributed by atoms with Crippen LogP contribution >= 0.6 is 0 Å². The second kappa shape index (κ2) is 5.75. The number of piperidine rings is 1. The summed E-state index contributed by atoms with van der Waals surface area (Å²) in [5, 5.41) is 13.3. The molecule has 1 aliphatic rings. The van der Waals surface area contributed by atoms with Gasteiger partial charge in [-0.2, -0.15) is 0 Å². The number of aromatic hydroxyl groups is 1. The lowest BCUT2D eigenvalue weighted by molar-refractivity contribution is 0.233. The van der Waals surface area contributed by atoms with Crippen LogP contribution in [0.3, 0.4) is 0 Å². The molecule has 5 nitrogen and oxygen atoms in total. The molecule has 0 aliphatic carbocycles. The van der Waals surface area contributed by atoms with Crippen molar-refractivity contribution < 1.29 is 5.11 Å². The topological polar surface area (TPSA) is 57.5 Å². The molecular weight excluding hydrogens is 242 g/mol. The molecular formula is C14H23N3O2. The molecule has 19 heavy (non-hydrogen) atoms. The molecule has 2 heterocycles. The average molecular weight is 265 g/mol. The Labute approximate surface area is 113 Å². The van der Waals surface area contributed by atoms with E-state index in [9.17, 15) is 9.90 Å². The van der Waals surface area contributed by atoms with Crippen molar-refractivity contribution in [2.24, 2.45) is 7.05 Å². The largest absolute Gasteiger partial charge is 0.503 e. The van der Waals surface area contributed by atoms with Crippen LogP contribution in [-0.2, 0) is 13.6 Å². The van der Waals surface area contributed by atoms with Gasteiger partial charge in [-0.05, 0) is 39.9 Å². The first-order chi connectivity index (χ1) is 8.99. The van der Waals surface area contributed by atoms with Crippen molar-refractivity contribution in [2.45, 2.75) is 32.4 Å². The number of likely N-dealkylation sites (tertiary alicyclic amines) is 1. The summed E-state index contributed by atoms with van der Waals surface area (Å²) in [5.41, 5.74) is 1.24. The molecule has 2 rings (SSSR count). The predicted molar refractivity (Wildman–Crippen MR) is 75.4 cm³/mol. The van der Waals surface area contributed by atoms with E-state index in [1.807, 2.05) is 18.5 Å². The van der Waals surface area contributed by atoms with Gasteiger partial charge in [0, 0.05) is 31.4 Å². The number of pyridine rings is 1.